The van der Waals surface area contributed by atoms with E-state index in [0.717, 1.165) is 32.4 Å². The molecule has 82 valence electrons. The van der Waals surface area contributed by atoms with Gasteiger partial charge in [-0.15, -0.1) is 0 Å². The first-order chi connectivity index (χ1) is 6.75. The third-order valence-corrected chi connectivity index (χ3v) is 2.85. The molecular weight excluding hydrogens is 176 g/mol. The summed E-state index contributed by atoms with van der Waals surface area (Å²) in [7, 11) is 0. The highest BCUT2D eigenvalue weighted by Gasteiger charge is 2.24. The maximum absolute atomic E-state index is 11.6. The van der Waals surface area contributed by atoms with E-state index in [1.807, 2.05) is 4.90 Å². The van der Waals surface area contributed by atoms with Crippen molar-refractivity contribution in [1.82, 2.24) is 4.90 Å². The van der Waals surface area contributed by atoms with Gasteiger partial charge in [0, 0.05) is 13.1 Å². The Morgan fingerprint density at radius 1 is 1.43 bits per heavy atom. The van der Waals surface area contributed by atoms with Gasteiger partial charge in [0.1, 0.15) is 0 Å². The standard InChI is InChI=1S/C11H22N2O/c1-2-3-4-5-8-13-9-6-7-10(12)11(13)14/h10H,2-9,12H2,1H3. The van der Waals surface area contributed by atoms with Crippen molar-refractivity contribution in [3.63, 3.8) is 0 Å². The first-order valence-electron chi connectivity index (χ1n) is 5.80. The molecule has 1 aliphatic rings. The van der Waals surface area contributed by atoms with Crippen LogP contribution in [-0.4, -0.2) is 29.9 Å². The molecule has 0 aromatic carbocycles. The summed E-state index contributed by atoms with van der Waals surface area (Å²) in [6, 6.07) is -0.227. The summed E-state index contributed by atoms with van der Waals surface area (Å²) in [4.78, 5) is 13.5. The summed E-state index contributed by atoms with van der Waals surface area (Å²) in [5.41, 5.74) is 5.71. The third-order valence-electron chi connectivity index (χ3n) is 2.85. The third kappa shape index (κ3) is 3.29. The maximum Gasteiger partial charge on any atom is 0.239 e. The van der Waals surface area contributed by atoms with E-state index in [4.69, 9.17) is 5.73 Å². The predicted molar refractivity (Wildman–Crippen MR) is 57.9 cm³/mol. The van der Waals surface area contributed by atoms with Gasteiger partial charge in [0.05, 0.1) is 6.04 Å². The van der Waals surface area contributed by atoms with Crippen LogP contribution < -0.4 is 5.73 Å². The number of hydrogen-bond acceptors (Lipinski definition) is 2. The Bertz CT molecular complexity index is 182. The second-order valence-electron chi connectivity index (χ2n) is 4.13. The monoisotopic (exact) mass is 198 g/mol. The van der Waals surface area contributed by atoms with Crippen molar-refractivity contribution in [3.8, 4) is 0 Å². The fourth-order valence-corrected chi connectivity index (χ4v) is 1.92. The van der Waals surface area contributed by atoms with E-state index in [-0.39, 0.29) is 11.9 Å². The molecule has 1 saturated heterocycles. The summed E-state index contributed by atoms with van der Waals surface area (Å²) in [5.74, 6) is 0.160. The zero-order chi connectivity index (χ0) is 10.4. The van der Waals surface area contributed by atoms with Gasteiger partial charge in [0.25, 0.3) is 0 Å². The molecule has 1 amide bonds. The lowest BCUT2D eigenvalue weighted by atomic mass is 10.1. The topological polar surface area (TPSA) is 46.3 Å². The average molecular weight is 198 g/mol. The number of carbonyl (C=O) groups is 1. The smallest absolute Gasteiger partial charge is 0.239 e. The second-order valence-corrected chi connectivity index (χ2v) is 4.13. The van der Waals surface area contributed by atoms with Crippen LogP contribution in [-0.2, 0) is 4.79 Å². The number of likely N-dealkylation sites (tertiary alicyclic amines) is 1. The molecule has 14 heavy (non-hydrogen) atoms. The van der Waals surface area contributed by atoms with Gasteiger partial charge in [0.2, 0.25) is 5.91 Å². The fraction of sp³-hybridized carbons (Fsp3) is 0.909. The van der Waals surface area contributed by atoms with E-state index in [1.165, 1.54) is 19.3 Å². The van der Waals surface area contributed by atoms with Gasteiger partial charge in [-0.1, -0.05) is 26.2 Å². The van der Waals surface area contributed by atoms with Gasteiger partial charge in [0.15, 0.2) is 0 Å². The molecular formula is C11H22N2O. The van der Waals surface area contributed by atoms with Crippen molar-refractivity contribution in [2.45, 2.75) is 51.5 Å². The number of nitrogens with two attached hydrogens (primary N) is 1. The highest BCUT2D eigenvalue weighted by Crippen LogP contribution is 2.11. The molecule has 3 nitrogen and oxygen atoms in total. The van der Waals surface area contributed by atoms with Crippen LogP contribution in [0, 0.1) is 0 Å². The molecule has 3 heteroatoms. The number of amides is 1. The lowest BCUT2D eigenvalue weighted by molar-refractivity contribution is -0.134. The Balaban J connectivity index is 2.19. The zero-order valence-corrected chi connectivity index (χ0v) is 9.17. The van der Waals surface area contributed by atoms with Gasteiger partial charge in [-0.05, 0) is 19.3 Å². The van der Waals surface area contributed by atoms with Crippen molar-refractivity contribution in [1.29, 1.82) is 0 Å². The number of rotatable bonds is 5. The minimum atomic E-state index is -0.227. The maximum atomic E-state index is 11.6. The summed E-state index contributed by atoms with van der Waals surface area (Å²) in [6.07, 6.45) is 6.81. The van der Waals surface area contributed by atoms with Crippen LogP contribution in [0.2, 0.25) is 0 Å². The molecule has 1 unspecified atom stereocenters. The van der Waals surface area contributed by atoms with E-state index >= 15 is 0 Å². The normalized spacial score (nSPS) is 22.9. The molecule has 1 fully saturated rings. The molecule has 0 aromatic heterocycles. The van der Waals surface area contributed by atoms with E-state index in [1.54, 1.807) is 0 Å². The number of nitrogens with zero attached hydrogens (tertiary/aromatic N) is 1. The van der Waals surface area contributed by atoms with Gasteiger partial charge in [-0.3, -0.25) is 4.79 Å². The van der Waals surface area contributed by atoms with Crippen LogP contribution in [0.1, 0.15) is 45.4 Å². The lowest BCUT2D eigenvalue weighted by Crippen LogP contribution is -2.48. The Hall–Kier alpha value is -0.570. The Labute approximate surface area is 86.6 Å². The number of hydrogen-bond donors (Lipinski definition) is 1. The highest BCUT2D eigenvalue weighted by atomic mass is 16.2. The van der Waals surface area contributed by atoms with Crippen LogP contribution in [0.5, 0.6) is 0 Å². The molecule has 0 saturated carbocycles. The number of unbranched alkanes of at least 4 members (excludes halogenated alkanes) is 3. The van der Waals surface area contributed by atoms with Gasteiger partial charge in [-0.25, -0.2) is 0 Å². The summed E-state index contributed by atoms with van der Waals surface area (Å²) < 4.78 is 0. The van der Waals surface area contributed by atoms with Crippen molar-refractivity contribution in [3.05, 3.63) is 0 Å². The zero-order valence-electron chi connectivity index (χ0n) is 9.17. The van der Waals surface area contributed by atoms with Crippen molar-refractivity contribution in [2.24, 2.45) is 5.73 Å². The van der Waals surface area contributed by atoms with Crippen LogP contribution in [0.15, 0.2) is 0 Å². The van der Waals surface area contributed by atoms with E-state index in [0.29, 0.717) is 0 Å². The number of carbonyl (C=O) groups excluding carboxylic acids is 1. The molecule has 1 heterocycles. The number of piperidine rings is 1. The van der Waals surface area contributed by atoms with E-state index in [9.17, 15) is 4.79 Å². The van der Waals surface area contributed by atoms with E-state index in [2.05, 4.69) is 6.92 Å². The van der Waals surface area contributed by atoms with Crippen molar-refractivity contribution in [2.75, 3.05) is 13.1 Å². The molecule has 1 atom stereocenters. The summed E-state index contributed by atoms with van der Waals surface area (Å²) in [5, 5.41) is 0. The molecule has 0 radical (unpaired) electrons. The van der Waals surface area contributed by atoms with Crippen molar-refractivity contribution >= 4 is 5.91 Å². The lowest BCUT2D eigenvalue weighted by Gasteiger charge is -2.30. The molecule has 2 N–H and O–H groups in total. The second kappa shape index (κ2) is 6.02. The predicted octanol–water partition coefficient (Wildman–Crippen LogP) is 1.52. The molecule has 0 bridgehead atoms. The van der Waals surface area contributed by atoms with Crippen LogP contribution in [0.25, 0.3) is 0 Å². The minimum Gasteiger partial charge on any atom is -0.341 e. The van der Waals surface area contributed by atoms with Crippen LogP contribution in [0.4, 0.5) is 0 Å². The Morgan fingerprint density at radius 2 is 2.21 bits per heavy atom. The van der Waals surface area contributed by atoms with E-state index < -0.39 is 0 Å². The van der Waals surface area contributed by atoms with Gasteiger partial charge in [-0.2, -0.15) is 0 Å². The average Bonchev–Trinajstić information content (AvgIpc) is 2.19. The van der Waals surface area contributed by atoms with Gasteiger partial charge >= 0.3 is 0 Å². The van der Waals surface area contributed by atoms with Crippen LogP contribution in [0.3, 0.4) is 0 Å². The van der Waals surface area contributed by atoms with Crippen LogP contribution >= 0.6 is 0 Å². The minimum absolute atomic E-state index is 0.160. The molecule has 0 aromatic rings. The molecule has 0 aliphatic carbocycles. The van der Waals surface area contributed by atoms with Gasteiger partial charge < -0.3 is 10.6 Å². The first-order valence-corrected chi connectivity index (χ1v) is 5.80. The SMILES string of the molecule is CCCCCCN1CCCC(N)C1=O. The Kier molecular flexibility index (Phi) is 4.94. The van der Waals surface area contributed by atoms with Crippen molar-refractivity contribution < 1.29 is 4.79 Å². The molecule has 1 aliphatic heterocycles. The fourth-order valence-electron chi connectivity index (χ4n) is 1.92. The first kappa shape index (κ1) is 11.5. The highest BCUT2D eigenvalue weighted by molar-refractivity contribution is 5.82. The summed E-state index contributed by atoms with van der Waals surface area (Å²) >= 11 is 0. The largest absolute Gasteiger partial charge is 0.341 e. The quantitative estimate of drug-likeness (QED) is 0.681. The molecule has 1 rings (SSSR count). The summed E-state index contributed by atoms with van der Waals surface area (Å²) in [6.45, 7) is 4.02. The molecule has 0 spiro atoms. The Morgan fingerprint density at radius 3 is 2.93 bits per heavy atom.